The Morgan fingerprint density at radius 2 is 1.88 bits per heavy atom. The predicted molar refractivity (Wildman–Crippen MR) is 66.5 cm³/mol. The molecule has 1 atom stereocenters. The zero-order chi connectivity index (χ0) is 13.6. The van der Waals surface area contributed by atoms with E-state index in [1.54, 1.807) is 0 Å². The Labute approximate surface area is 103 Å². The van der Waals surface area contributed by atoms with Crippen molar-refractivity contribution in [2.75, 3.05) is 6.54 Å². The summed E-state index contributed by atoms with van der Waals surface area (Å²) in [5.74, 6) is -0.770. The van der Waals surface area contributed by atoms with Gasteiger partial charge in [-0.2, -0.15) is 0 Å². The minimum atomic E-state index is -0.934. The molecule has 0 aliphatic rings. The van der Waals surface area contributed by atoms with Crippen LogP contribution in [0.5, 0.6) is 0 Å². The van der Waals surface area contributed by atoms with Crippen LogP contribution in [0.1, 0.15) is 40.5 Å². The summed E-state index contributed by atoms with van der Waals surface area (Å²) in [6.07, 6.45) is 0.0887. The molecule has 0 spiro atoms. The number of aliphatic carboxylic acids is 1. The summed E-state index contributed by atoms with van der Waals surface area (Å²) >= 11 is 0. The second-order valence-corrected chi connectivity index (χ2v) is 5.40. The molecule has 0 aromatic carbocycles. The van der Waals surface area contributed by atoms with Gasteiger partial charge in [0.1, 0.15) is 0 Å². The zero-order valence-electron chi connectivity index (χ0n) is 11.1. The van der Waals surface area contributed by atoms with Crippen molar-refractivity contribution in [3.63, 3.8) is 0 Å². The standard InChI is InChI=1S/C12H24N2O3/c1-8(2)12(3,4)7-14-11(17)9(13)5-6-10(15)16/h8-9H,5-7,13H2,1-4H3,(H,14,17)(H,15,16). The average molecular weight is 244 g/mol. The summed E-state index contributed by atoms with van der Waals surface area (Å²) in [4.78, 5) is 21.9. The minimum absolute atomic E-state index is 0.00216. The normalized spacial score (nSPS) is 13.5. The molecular formula is C12H24N2O3. The van der Waals surface area contributed by atoms with Crippen molar-refractivity contribution >= 4 is 11.9 Å². The third-order valence-corrected chi connectivity index (χ3v) is 3.29. The number of carboxylic acid groups (broad SMARTS) is 1. The van der Waals surface area contributed by atoms with Crippen molar-refractivity contribution < 1.29 is 14.7 Å². The van der Waals surface area contributed by atoms with Gasteiger partial charge in [-0.1, -0.05) is 27.7 Å². The first-order valence-electron chi connectivity index (χ1n) is 5.92. The largest absolute Gasteiger partial charge is 0.481 e. The number of rotatable bonds is 7. The van der Waals surface area contributed by atoms with Gasteiger partial charge in [-0.15, -0.1) is 0 Å². The molecule has 0 aromatic heterocycles. The fourth-order valence-electron chi connectivity index (χ4n) is 1.06. The van der Waals surface area contributed by atoms with Crippen LogP contribution in [0.4, 0.5) is 0 Å². The van der Waals surface area contributed by atoms with Gasteiger partial charge in [-0.25, -0.2) is 0 Å². The van der Waals surface area contributed by atoms with Gasteiger partial charge in [-0.3, -0.25) is 9.59 Å². The topological polar surface area (TPSA) is 92.4 Å². The highest BCUT2D eigenvalue weighted by atomic mass is 16.4. The summed E-state index contributed by atoms with van der Waals surface area (Å²) < 4.78 is 0. The molecule has 0 fully saturated rings. The lowest BCUT2D eigenvalue weighted by atomic mass is 9.81. The summed E-state index contributed by atoms with van der Waals surface area (Å²) in [6, 6.07) is -0.742. The van der Waals surface area contributed by atoms with Crippen molar-refractivity contribution in [2.45, 2.75) is 46.6 Å². The van der Waals surface area contributed by atoms with Crippen molar-refractivity contribution in [2.24, 2.45) is 17.1 Å². The van der Waals surface area contributed by atoms with Crippen LogP contribution in [0.3, 0.4) is 0 Å². The molecule has 0 aliphatic carbocycles. The SMILES string of the molecule is CC(C)C(C)(C)CNC(=O)C(N)CCC(=O)O. The Morgan fingerprint density at radius 1 is 1.35 bits per heavy atom. The van der Waals surface area contributed by atoms with E-state index in [-0.39, 0.29) is 24.2 Å². The molecule has 0 saturated heterocycles. The first-order chi connectivity index (χ1) is 7.66. The minimum Gasteiger partial charge on any atom is -0.481 e. The van der Waals surface area contributed by atoms with E-state index in [2.05, 4.69) is 33.0 Å². The molecule has 0 radical (unpaired) electrons. The number of nitrogens with one attached hydrogen (secondary N) is 1. The number of carbonyl (C=O) groups excluding carboxylic acids is 1. The number of carboxylic acids is 1. The van der Waals surface area contributed by atoms with Crippen molar-refractivity contribution in [1.29, 1.82) is 0 Å². The zero-order valence-corrected chi connectivity index (χ0v) is 11.1. The fraction of sp³-hybridized carbons (Fsp3) is 0.833. The molecule has 0 aromatic rings. The summed E-state index contributed by atoms with van der Waals surface area (Å²) in [5.41, 5.74) is 5.60. The highest BCUT2D eigenvalue weighted by Crippen LogP contribution is 2.24. The fourth-order valence-corrected chi connectivity index (χ4v) is 1.06. The number of carbonyl (C=O) groups is 2. The van der Waals surface area contributed by atoms with Crippen molar-refractivity contribution in [3.05, 3.63) is 0 Å². The van der Waals surface area contributed by atoms with Crippen LogP contribution in [0.25, 0.3) is 0 Å². The average Bonchev–Trinajstić information content (AvgIpc) is 2.22. The second-order valence-electron chi connectivity index (χ2n) is 5.40. The van der Waals surface area contributed by atoms with Gasteiger partial charge in [0.25, 0.3) is 0 Å². The maximum atomic E-state index is 11.6. The van der Waals surface area contributed by atoms with E-state index in [4.69, 9.17) is 10.8 Å². The maximum Gasteiger partial charge on any atom is 0.303 e. The number of hydrogen-bond acceptors (Lipinski definition) is 3. The van der Waals surface area contributed by atoms with E-state index < -0.39 is 12.0 Å². The van der Waals surface area contributed by atoms with E-state index in [9.17, 15) is 9.59 Å². The van der Waals surface area contributed by atoms with Gasteiger partial charge in [0.2, 0.25) is 5.91 Å². The van der Waals surface area contributed by atoms with E-state index in [1.165, 1.54) is 0 Å². The second kappa shape index (κ2) is 6.59. The summed E-state index contributed by atoms with van der Waals surface area (Å²) in [6.45, 7) is 8.87. The molecule has 5 nitrogen and oxygen atoms in total. The maximum absolute atomic E-state index is 11.6. The van der Waals surface area contributed by atoms with Crippen LogP contribution in [0.2, 0.25) is 0 Å². The molecular weight excluding hydrogens is 220 g/mol. The van der Waals surface area contributed by atoms with Crippen LogP contribution >= 0.6 is 0 Å². The monoisotopic (exact) mass is 244 g/mol. The van der Waals surface area contributed by atoms with Crippen molar-refractivity contribution in [3.8, 4) is 0 Å². The molecule has 0 heterocycles. The molecule has 0 aliphatic heterocycles. The molecule has 1 amide bonds. The van der Waals surface area contributed by atoms with Crippen LogP contribution in [-0.2, 0) is 9.59 Å². The highest BCUT2D eigenvalue weighted by molar-refractivity contribution is 5.82. The van der Waals surface area contributed by atoms with Gasteiger partial charge in [-0.05, 0) is 17.8 Å². The van der Waals surface area contributed by atoms with Gasteiger partial charge in [0.05, 0.1) is 6.04 Å². The lowest BCUT2D eigenvalue weighted by molar-refractivity contribution is -0.137. The lowest BCUT2D eigenvalue weighted by Gasteiger charge is -2.29. The Kier molecular flexibility index (Phi) is 6.16. The van der Waals surface area contributed by atoms with Crippen LogP contribution in [0, 0.1) is 11.3 Å². The Bertz CT molecular complexity index is 275. The van der Waals surface area contributed by atoms with Gasteiger partial charge < -0.3 is 16.2 Å². The van der Waals surface area contributed by atoms with E-state index in [1.807, 2.05) is 0 Å². The summed E-state index contributed by atoms with van der Waals surface area (Å²) in [5, 5.41) is 11.3. The summed E-state index contributed by atoms with van der Waals surface area (Å²) in [7, 11) is 0. The Hall–Kier alpha value is -1.10. The predicted octanol–water partition coefficient (Wildman–Crippen LogP) is 0.977. The van der Waals surface area contributed by atoms with Crippen molar-refractivity contribution in [1.82, 2.24) is 5.32 Å². The van der Waals surface area contributed by atoms with Crippen LogP contribution in [-0.4, -0.2) is 29.6 Å². The third-order valence-electron chi connectivity index (χ3n) is 3.29. The Morgan fingerprint density at radius 3 is 2.29 bits per heavy atom. The first kappa shape index (κ1) is 15.9. The van der Waals surface area contributed by atoms with Crippen LogP contribution < -0.4 is 11.1 Å². The Balaban J connectivity index is 4.05. The van der Waals surface area contributed by atoms with E-state index in [0.29, 0.717) is 12.5 Å². The van der Waals surface area contributed by atoms with Gasteiger partial charge in [0, 0.05) is 13.0 Å². The first-order valence-corrected chi connectivity index (χ1v) is 5.92. The number of amides is 1. The lowest BCUT2D eigenvalue weighted by Crippen LogP contribution is -2.45. The highest BCUT2D eigenvalue weighted by Gasteiger charge is 2.24. The number of hydrogen-bond donors (Lipinski definition) is 3. The van der Waals surface area contributed by atoms with E-state index in [0.717, 1.165) is 0 Å². The molecule has 0 bridgehead atoms. The molecule has 100 valence electrons. The molecule has 5 heteroatoms. The molecule has 1 unspecified atom stereocenters. The van der Waals surface area contributed by atoms with Gasteiger partial charge in [0.15, 0.2) is 0 Å². The smallest absolute Gasteiger partial charge is 0.303 e. The molecule has 0 saturated carbocycles. The molecule has 17 heavy (non-hydrogen) atoms. The molecule has 4 N–H and O–H groups in total. The van der Waals surface area contributed by atoms with Gasteiger partial charge >= 0.3 is 5.97 Å². The number of nitrogens with two attached hydrogens (primary N) is 1. The van der Waals surface area contributed by atoms with Crippen LogP contribution in [0.15, 0.2) is 0 Å². The third kappa shape index (κ3) is 6.26. The van der Waals surface area contributed by atoms with E-state index >= 15 is 0 Å². The molecule has 0 rings (SSSR count). The quantitative estimate of drug-likeness (QED) is 0.622.